The maximum absolute atomic E-state index is 6.07. The van der Waals surface area contributed by atoms with Crippen LogP contribution in [0.5, 0.6) is 0 Å². The van der Waals surface area contributed by atoms with Crippen molar-refractivity contribution in [3.63, 3.8) is 0 Å². The minimum atomic E-state index is 0.590. The molecular weight excluding hydrogens is 310 g/mol. The van der Waals surface area contributed by atoms with Gasteiger partial charge in [-0.25, -0.2) is 9.67 Å². The van der Waals surface area contributed by atoms with Crippen molar-refractivity contribution in [3.8, 4) is 17.1 Å². The van der Waals surface area contributed by atoms with E-state index in [2.05, 4.69) is 20.3 Å². The molecule has 0 bridgehead atoms. The second-order valence-corrected chi connectivity index (χ2v) is 5.59. The molecule has 0 radical (unpaired) electrons. The largest absolute Gasteiger partial charge is 0.221 e. The fraction of sp³-hybridized carbons (Fsp3) is 0.0588. The number of aryl methyl sites for hydroxylation is 1. The van der Waals surface area contributed by atoms with Crippen molar-refractivity contribution < 1.29 is 0 Å². The standard InChI is InChI=1S/C17H12ClN5/c1-11-15-17(23(22-11)14-9-5-8-13(18)10-14)21-20-16(19-15)12-6-3-2-4-7-12/h2-10H,1H3. The highest BCUT2D eigenvalue weighted by Gasteiger charge is 2.14. The van der Waals surface area contributed by atoms with Crippen LogP contribution in [-0.2, 0) is 0 Å². The first-order chi connectivity index (χ1) is 11.2. The van der Waals surface area contributed by atoms with E-state index in [1.54, 1.807) is 4.68 Å². The number of aromatic nitrogens is 5. The molecule has 0 unspecified atom stereocenters. The molecule has 0 aliphatic carbocycles. The molecule has 0 aliphatic heterocycles. The van der Waals surface area contributed by atoms with Crippen molar-refractivity contribution in [2.75, 3.05) is 0 Å². The lowest BCUT2D eigenvalue weighted by Gasteiger charge is -2.03. The highest BCUT2D eigenvalue weighted by atomic mass is 35.5. The van der Waals surface area contributed by atoms with E-state index in [-0.39, 0.29) is 0 Å². The molecule has 4 rings (SSSR count). The summed E-state index contributed by atoms with van der Waals surface area (Å²) in [6, 6.07) is 17.2. The van der Waals surface area contributed by atoms with Gasteiger partial charge in [-0.05, 0) is 25.1 Å². The first-order valence-corrected chi connectivity index (χ1v) is 7.51. The van der Waals surface area contributed by atoms with Crippen LogP contribution in [0, 0.1) is 6.92 Å². The van der Waals surface area contributed by atoms with Gasteiger partial charge < -0.3 is 0 Å². The third kappa shape index (κ3) is 2.45. The van der Waals surface area contributed by atoms with Crippen molar-refractivity contribution >= 4 is 22.8 Å². The van der Waals surface area contributed by atoms with Crippen LogP contribution in [-0.4, -0.2) is 25.0 Å². The molecule has 0 saturated carbocycles. The summed E-state index contributed by atoms with van der Waals surface area (Å²) in [4.78, 5) is 4.62. The summed E-state index contributed by atoms with van der Waals surface area (Å²) >= 11 is 6.07. The van der Waals surface area contributed by atoms with Crippen LogP contribution in [0.15, 0.2) is 54.6 Å². The predicted octanol–water partition coefficient (Wildman–Crippen LogP) is 3.84. The second kappa shape index (κ2) is 5.44. The van der Waals surface area contributed by atoms with E-state index in [9.17, 15) is 0 Å². The maximum atomic E-state index is 6.07. The monoisotopic (exact) mass is 321 g/mol. The quantitative estimate of drug-likeness (QED) is 0.563. The van der Waals surface area contributed by atoms with Crippen LogP contribution in [0.2, 0.25) is 5.02 Å². The summed E-state index contributed by atoms with van der Waals surface area (Å²) in [7, 11) is 0. The Morgan fingerprint density at radius 1 is 0.957 bits per heavy atom. The summed E-state index contributed by atoms with van der Waals surface area (Å²) in [5, 5.41) is 13.7. The molecule has 0 fully saturated rings. The topological polar surface area (TPSA) is 56.5 Å². The van der Waals surface area contributed by atoms with E-state index >= 15 is 0 Å². The third-order valence-electron chi connectivity index (χ3n) is 3.55. The maximum Gasteiger partial charge on any atom is 0.204 e. The highest BCUT2D eigenvalue weighted by molar-refractivity contribution is 6.30. The molecule has 23 heavy (non-hydrogen) atoms. The fourth-order valence-electron chi connectivity index (χ4n) is 2.45. The summed E-state index contributed by atoms with van der Waals surface area (Å²) in [5.41, 5.74) is 3.91. The van der Waals surface area contributed by atoms with E-state index in [4.69, 9.17) is 11.6 Å². The van der Waals surface area contributed by atoms with Crippen molar-refractivity contribution in [1.29, 1.82) is 0 Å². The molecule has 0 atom stereocenters. The zero-order valence-corrected chi connectivity index (χ0v) is 13.1. The molecule has 0 saturated heterocycles. The molecule has 2 aromatic heterocycles. The zero-order valence-electron chi connectivity index (χ0n) is 12.3. The van der Waals surface area contributed by atoms with E-state index in [0.717, 1.165) is 22.5 Å². The highest BCUT2D eigenvalue weighted by Crippen LogP contribution is 2.22. The first kappa shape index (κ1) is 13.8. The number of fused-ring (bicyclic) bond motifs is 1. The smallest absolute Gasteiger partial charge is 0.204 e. The predicted molar refractivity (Wildman–Crippen MR) is 89.6 cm³/mol. The van der Waals surface area contributed by atoms with Gasteiger partial charge in [-0.2, -0.15) is 5.10 Å². The van der Waals surface area contributed by atoms with Crippen molar-refractivity contribution in [2.24, 2.45) is 0 Å². The number of hydrogen-bond donors (Lipinski definition) is 0. The average Bonchev–Trinajstić information content (AvgIpc) is 2.92. The van der Waals surface area contributed by atoms with E-state index in [1.807, 2.05) is 61.5 Å². The molecule has 4 aromatic rings. The number of rotatable bonds is 2. The Kier molecular flexibility index (Phi) is 3.28. The Hall–Kier alpha value is -2.79. The minimum Gasteiger partial charge on any atom is -0.221 e. The van der Waals surface area contributed by atoms with Crippen molar-refractivity contribution in [2.45, 2.75) is 6.92 Å². The molecule has 5 nitrogen and oxygen atoms in total. The molecular formula is C17H12ClN5. The average molecular weight is 322 g/mol. The van der Waals surface area contributed by atoms with Gasteiger partial charge in [0.2, 0.25) is 5.65 Å². The Morgan fingerprint density at radius 2 is 1.78 bits per heavy atom. The van der Waals surface area contributed by atoms with Gasteiger partial charge in [-0.1, -0.05) is 48.0 Å². The van der Waals surface area contributed by atoms with Crippen LogP contribution in [0.25, 0.3) is 28.2 Å². The van der Waals surface area contributed by atoms with Gasteiger partial charge in [0.25, 0.3) is 0 Å². The Labute approximate surface area is 137 Å². The summed E-state index contributed by atoms with van der Waals surface area (Å²) in [6.07, 6.45) is 0. The van der Waals surface area contributed by atoms with Crippen LogP contribution >= 0.6 is 11.6 Å². The van der Waals surface area contributed by atoms with E-state index < -0.39 is 0 Å². The molecule has 0 aliphatic rings. The van der Waals surface area contributed by atoms with Crippen LogP contribution in [0.4, 0.5) is 0 Å². The molecule has 2 aromatic carbocycles. The van der Waals surface area contributed by atoms with Crippen molar-refractivity contribution in [3.05, 3.63) is 65.3 Å². The zero-order chi connectivity index (χ0) is 15.8. The molecule has 2 heterocycles. The Morgan fingerprint density at radius 3 is 2.57 bits per heavy atom. The summed E-state index contributed by atoms with van der Waals surface area (Å²) in [6.45, 7) is 1.91. The Balaban J connectivity index is 1.90. The Bertz CT molecular complexity index is 994. The van der Waals surface area contributed by atoms with Gasteiger partial charge in [-0.3, -0.25) is 0 Å². The lowest BCUT2D eigenvalue weighted by atomic mass is 10.2. The van der Waals surface area contributed by atoms with Gasteiger partial charge in [-0.15, -0.1) is 10.2 Å². The van der Waals surface area contributed by atoms with Crippen LogP contribution in [0.3, 0.4) is 0 Å². The fourth-order valence-corrected chi connectivity index (χ4v) is 2.63. The van der Waals surface area contributed by atoms with Gasteiger partial charge >= 0.3 is 0 Å². The van der Waals surface area contributed by atoms with Gasteiger partial charge in [0.05, 0.1) is 11.4 Å². The first-order valence-electron chi connectivity index (χ1n) is 7.14. The van der Waals surface area contributed by atoms with E-state index in [0.29, 0.717) is 16.5 Å². The third-order valence-corrected chi connectivity index (χ3v) is 3.78. The van der Waals surface area contributed by atoms with E-state index in [1.165, 1.54) is 0 Å². The molecule has 0 amide bonds. The van der Waals surface area contributed by atoms with Gasteiger partial charge in [0, 0.05) is 10.6 Å². The summed E-state index contributed by atoms with van der Waals surface area (Å²) < 4.78 is 1.71. The number of benzene rings is 2. The van der Waals surface area contributed by atoms with Crippen molar-refractivity contribution in [1.82, 2.24) is 25.0 Å². The molecule has 112 valence electrons. The van der Waals surface area contributed by atoms with Crippen LogP contribution < -0.4 is 0 Å². The van der Waals surface area contributed by atoms with Crippen LogP contribution in [0.1, 0.15) is 5.69 Å². The molecule has 0 spiro atoms. The number of nitrogens with zero attached hydrogens (tertiary/aromatic N) is 5. The minimum absolute atomic E-state index is 0.590. The lowest BCUT2D eigenvalue weighted by molar-refractivity contribution is 0.863. The summed E-state index contributed by atoms with van der Waals surface area (Å²) in [5.74, 6) is 0.590. The molecule has 6 heteroatoms. The number of hydrogen-bond acceptors (Lipinski definition) is 4. The SMILES string of the molecule is Cc1nn(-c2cccc(Cl)c2)c2nnc(-c3ccccc3)nc12. The van der Waals surface area contributed by atoms with Gasteiger partial charge in [0.15, 0.2) is 5.82 Å². The molecule has 0 N–H and O–H groups in total. The lowest BCUT2D eigenvalue weighted by Crippen LogP contribution is -2.00. The number of halogens is 1. The normalized spacial score (nSPS) is 11.0. The van der Waals surface area contributed by atoms with Gasteiger partial charge in [0.1, 0.15) is 5.52 Å². The second-order valence-electron chi connectivity index (χ2n) is 5.15.